The molecule has 0 amide bonds. The van der Waals surface area contributed by atoms with Gasteiger partial charge in [-0.1, -0.05) is 0 Å². The lowest BCUT2D eigenvalue weighted by atomic mass is 9.90. The van der Waals surface area contributed by atoms with Crippen LogP contribution in [-0.2, 0) is 21.4 Å². The largest absolute Gasteiger partial charge is 0.391 e. The molecule has 0 aromatic carbocycles. The van der Waals surface area contributed by atoms with Crippen molar-refractivity contribution in [1.82, 2.24) is 4.72 Å². The number of nitrogens with one attached hydrogen (secondary N) is 1. The van der Waals surface area contributed by atoms with E-state index in [4.69, 9.17) is 9.84 Å². The van der Waals surface area contributed by atoms with Crippen LogP contribution in [0.2, 0.25) is 0 Å². The summed E-state index contributed by atoms with van der Waals surface area (Å²) in [5, 5.41) is 10.8. The molecule has 7 heteroatoms. The molecule has 0 saturated heterocycles. The molecule has 5 nitrogen and oxygen atoms in total. The molecule has 0 aliphatic heterocycles. The Kier molecular flexibility index (Phi) is 4.39. The third-order valence-corrected chi connectivity index (χ3v) is 5.60. The van der Waals surface area contributed by atoms with Gasteiger partial charge in [-0.25, -0.2) is 13.1 Å². The fourth-order valence-electron chi connectivity index (χ4n) is 2.00. The zero-order valence-electron chi connectivity index (χ0n) is 10.1. The Morgan fingerprint density at radius 3 is 2.89 bits per heavy atom. The van der Waals surface area contributed by atoms with Crippen LogP contribution in [-0.4, -0.2) is 32.3 Å². The Labute approximate surface area is 111 Å². The van der Waals surface area contributed by atoms with E-state index in [1.54, 1.807) is 5.38 Å². The van der Waals surface area contributed by atoms with Crippen molar-refractivity contribution >= 4 is 21.4 Å². The van der Waals surface area contributed by atoms with Crippen molar-refractivity contribution in [2.45, 2.75) is 43.4 Å². The minimum Gasteiger partial charge on any atom is -0.391 e. The van der Waals surface area contributed by atoms with Crippen molar-refractivity contribution in [3.63, 3.8) is 0 Å². The van der Waals surface area contributed by atoms with Crippen molar-refractivity contribution in [3.05, 3.63) is 16.3 Å². The zero-order valence-corrected chi connectivity index (χ0v) is 11.8. The first kappa shape index (κ1) is 14.0. The second-order valence-corrected chi connectivity index (χ2v) is 6.92. The third-order valence-electron chi connectivity index (χ3n) is 2.96. The predicted molar refractivity (Wildman–Crippen MR) is 69.0 cm³/mol. The van der Waals surface area contributed by atoms with E-state index in [9.17, 15) is 8.42 Å². The standard InChI is InChI=1S/C11H17NO4S2/c1-2-16-9-5-8(6-9)12-18(14,15)11-3-4-17-10(11)7-13/h3-4,8-9,12-13H,2,5-7H2,1H3. The van der Waals surface area contributed by atoms with Crippen molar-refractivity contribution in [1.29, 1.82) is 0 Å². The lowest BCUT2D eigenvalue weighted by molar-refractivity contribution is -0.00476. The molecular formula is C11H17NO4S2. The SMILES string of the molecule is CCOC1CC(NS(=O)(=O)c2ccsc2CO)C1. The van der Waals surface area contributed by atoms with E-state index in [1.807, 2.05) is 6.92 Å². The highest BCUT2D eigenvalue weighted by atomic mass is 32.2. The molecule has 2 rings (SSSR count). The third kappa shape index (κ3) is 2.92. The van der Waals surface area contributed by atoms with Crippen molar-refractivity contribution in [3.8, 4) is 0 Å². The van der Waals surface area contributed by atoms with Gasteiger partial charge in [0.05, 0.1) is 17.6 Å². The van der Waals surface area contributed by atoms with Crippen molar-refractivity contribution in [2.75, 3.05) is 6.61 Å². The number of aliphatic hydroxyl groups excluding tert-OH is 1. The van der Waals surface area contributed by atoms with Crippen LogP contribution in [0.3, 0.4) is 0 Å². The topological polar surface area (TPSA) is 75.6 Å². The number of hydrogen-bond donors (Lipinski definition) is 2. The van der Waals surface area contributed by atoms with E-state index in [2.05, 4.69) is 4.72 Å². The Morgan fingerprint density at radius 1 is 1.56 bits per heavy atom. The first-order valence-corrected chi connectivity index (χ1v) is 8.24. The molecule has 0 spiro atoms. The van der Waals surface area contributed by atoms with Crippen LogP contribution in [0.4, 0.5) is 0 Å². The fourth-order valence-corrected chi connectivity index (χ4v) is 4.56. The number of aliphatic hydroxyl groups is 1. The van der Waals surface area contributed by atoms with E-state index in [0.29, 0.717) is 24.3 Å². The molecule has 0 unspecified atom stereocenters. The van der Waals surface area contributed by atoms with Crippen molar-refractivity contribution < 1.29 is 18.3 Å². The fraction of sp³-hybridized carbons (Fsp3) is 0.636. The number of hydrogen-bond acceptors (Lipinski definition) is 5. The predicted octanol–water partition coefficient (Wildman–Crippen LogP) is 1.09. The number of rotatable bonds is 6. The molecule has 1 aromatic rings. The summed E-state index contributed by atoms with van der Waals surface area (Å²) in [6, 6.07) is 1.47. The van der Waals surface area contributed by atoms with Gasteiger partial charge in [-0.3, -0.25) is 0 Å². The molecule has 0 bridgehead atoms. The van der Waals surface area contributed by atoms with Crippen LogP contribution in [0.1, 0.15) is 24.6 Å². The van der Waals surface area contributed by atoms with Gasteiger partial charge >= 0.3 is 0 Å². The van der Waals surface area contributed by atoms with Gasteiger partial charge in [0.25, 0.3) is 0 Å². The summed E-state index contributed by atoms with van der Waals surface area (Å²) in [5.41, 5.74) is 0. The van der Waals surface area contributed by atoms with E-state index < -0.39 is 10.0 Å². The lowest BCUT2D eigenvalue weighted by Gasteiger charge is -2.35. The maximum Gasteiger partial charge on any atom is 0.242 e. The van der Waals surface area contributed by atoms with Crippen LogP contribution in [0, 0.1) is 0 Å². The normalized spacial score (nSPS) is 23.9. The molecule has 1 aliphatic rings. The Bertz CT molecular complexity index is 491. The summed E-state index contributed by atoms with van der Waals surface area (Å²) in [6.07, 6.45) is 1.60. The monoisotopic (exact) mass is 291 g/mol. The number of ether oxygens (including phenoxy) is 1. The maximum atomic E-state index is 12.1. The second kappa shape index (κ2) is 5.66. The highest BCUT2D eigenvalue weighted by Crippen LogP contribution is 2.27. The zero-order chi connectivity index (χ0) is 13.2. The molecule has 1 saturated carbocycles. The van der Waals surface area contributed by atoms with Crippen molar-refractivity contribution in [2.24, 2.45) is 0 Å². The summed E-state index contributed by atoms with van der Waals surface area (Å²) < 4.78 is 32.2. The molecule has 2 N–H and O–H groups in total. The number of sulfonamides is 1. The summed E-state index contributed by atoms with van der Waals surface area (Å²) >= 11 is 1.24. The minimum absolute atomic E-state index is 0.0574. The average Bonchev–Trinajstić information content (AvgIpc) is 2.75. The van der Waals surface area contributed by atoms with E-state index in [-0.39, 0.29) is 23.6 Å². The average molecular weight is 291 g/mol. The second-order valence-electron chi connectivity index (χ2n) is 4.23. The summed E-state index contributed by atoms with van der Waals surface area (Å²) in [4.78, 5) is 0.665. The highest BCUT2D eigenvalue weighted by molar-refractivity contribution is 7.89. The summed E-state index contributed by atoms with van der Waals surface area (Å²) in [5.74, 6) is 0. The number of thiophene rings is 1. The van der Waals surface area contributed by atoms with Crippen LogP contribution in [0.15, 0.2) is 16.3 Å². The minimum atomic E-state index is -3.51. The van der Waals surface area contributed by atoms with Crippen LogP contribution in [0.5, 0.6) is 0 Å². The Balaban J connectivity index is 1.97. The van der Waals surface area contributed by atoms with Crippen LogP contribution in [0.25, 0.3) is 0 Å². The van der Waals surface area contributed by atoms with Gasteiger partial charge in [-0.15, -0.1) is 11.3 Å². The molecule has 1 heterocycles. The molecular weight excluding hydrogens is 274 g/mol. The lowest BCUT2D eigenvalue weighted by Crippen LogP contribution is -2.47. The van der Waals surface area contributed by atoms with E-state index in [1.165, 1.54) is 17.4 Å². The van der Waals surface area contributed by atoms with Gasteiger partial charge in [-0.2, -0.15) is 0 Å². The van der Waals surface area contributed by atoms with Crippen LogP contribution < -0.4 is 4.72 Å². The van der Waals surface area contributed by atoms with Crippen LogP contribution >= 0.6 is 11.3 Å². The molecule has 102 valence electrons. The molecule has 0 radical (unpaired) electrons. The van der Waals surface area contributed by atoms with Gasteiger partial charge < -0.3 is 9.84 Å². The Hall–Kier alpha value is -0.470. The Morgan fingerprint density at radius 2 is 2.28 bits per heavy atom. The van der Waals surface area contributed by atoms with E-state index in [0.717, 1.165) is 0 Å². The van der Waals surface area contributed by atoms with Gasteiger partial charge in [-0.05, 0) is 31.2 Å². The quantitative estimate of drug-likeness (QED) is 0.822. The first-order chi connectivity index (χ1) is 8.56. The van der Waals surface area contributed by atoms with Gasteiger partial charge in [0.15, 0.2) is 0 Å². The van der Waals surface area contributed by atoms with E-state index >= 15 is 0 Å². The molecule has 18 heavy (non-hydrogen) atoms. The van der Waals surface area contributed by atoms with Gasteiger partial charge in [0.1, 0.15) is 0 Å². The molecule has 0 atom stereocenters. The summed E-state index contributed by atoms with van der Waals surface area (Å²) in [6.45, 7) is 2.33. The van der Waals surface area contributed by atoms with Gasteiger partial charge in [0.2, 0.25) is 10.0 Å². The maximum absolute atomic E-state index is 12.1. The molecule has 1 fully saturated rings. The summed E-state index contributed by atoms with van der Waals surface area (Å²) in [7, 11) is -3.51. The first-order valence-electron chi connectivity index (χ1n) is 5.88. The smallest absolute Gasteiger partial charge is 0.242 e. The molecule has 1 aromatic heterocycles. The molecule has 1 aliphatic carbocycles. The van der Waals surface area contributed by atoms with Gasteiger partial charge in [0, 0.05) is 17.5 Å². The highest BCUT2D eigenvalue weighted by Gasteiger charge is 2.33.